The molecule has 0 aromatic heterocycles. The number of carboxylic acids is 4. The van der Waals surface area contributed by atoms with Crippen molar-refractivity contribution in [2.45, 2.75) is 0 Å². The summed E-state index contributed by atoms with van der Waals surface area (Å²) in [6, 6.07) is 0. The molecule has 37 heavy (non-hydrogen) atoms. The molecule has 0 atom stereocenters. The Hall–Kier alpha value is -5.09. The Morgan fingerprint density at radius 2 is 0.595 bits per heavy atom. The van der Waals surface area contributed by atoms with Crippen molar-refractivity contribution in [2.24, 2.45) is 0 Å². The van der Waals surface area contributed by atoms with Crippen LogP contribution >= 0.6 is 0 Å². The molecule has 0 saturated carbocycles. The van der Waals surface area contributed by atoms with Crippen LogP contribution in [-0.2, 0) is 78.8 Å². The number of rotatable bonds is 4. The van der Waals surface area contributed by atoms with E-state index < -0.39 is 23.9 Å². The summed E-state index contributed by atoms with van der Waals surface area (Å²) in [6.07, 6.45) is 13.1. The second-order valence-electron chi connectivity index (χ2n) is 5.18. The summed E-state index contributed by atoms with van der Waals surface area (Å²) < 4.78 is 35.6. The van der Waals surface area contributed by atoms with Crippen LogP contribution in [0.15, 0.2) is 98.2 Å². The van der Waals surface area contributed by atoms with E-state index in [1.54, 1.807) is 0 Å². The van der Waals surface area contributed by atoms with Gasteiger partial charge in [0, 0.05) is 0 Å². The number of carboxylic acid groups (broad SMARTS) is 4. The maximum atomic E-state index is 9.94. The minimum absolute atomic E-state index is 0. The Morgan fingerprint density at radius 1 is 0.405 bits per heavy atom. The van der Waals surface area contributed by atoms with E-state index in [1.165, 1.54) is 25.0 Å². The van der Waals surface area contributed by atoms with Gasteiger partial charge in [0.1, 0.15) is 99.0 Å². The molecule has 16 nitrogen and oxygen atoms in total. The third kappa shape index (κ3) is 14.0. The minimum atomic E-state index is -1.39. The van der Waals surface area contributed by atoms with Crippen molar-refractivity contribution in [3.63, 3.8) is 0 Å². The van der Waals surface area contributed by atoms with E-state index in [-0.39, 0.29) is 44.8 Å². The van der Waals surface area contributed by atoms with Crippen molar-refractivity contribution < 1.29 is 99.2 Å². The fourth-order valence-corrected chi connectivity index (χ4v) is 1.43. The molecular formula is C20H12O16Ti. The second-order valence-corrected chi connectivity index (χ2v) is 5.18. The summed E-state index contributed by atoms with van der Waals surface area (Å²) in [5.74, 6) is -6.84. The first-order chi connectivity index (χ1) is 17.2. The van der Waals surface area contributed by atoms with Gasteiger partial charge in [0.2, 0.25) is 0 Å². The van der Waals surface area contributed by atoms with Gasteiger partial charge < -0.3 is 77.5 Å². The second kappa shape index (κ2) is 18.3. The molecule has 0 spiro atoms. The van der Waals surface area contributed by atoms with Gasteiger partial charge in [0.15, 0.2) is 23.0 Å². The van der Waals surface area contributed by atoms with Crippen LogP contribution in [0.4, 0.5) is 0 Å². The molecule has 0 aliphatic carbocycles. The number of carbonyl (C=O) groups excluding carboxylic acids is 4. The largest absolute Gasteiger partial charge is 4.00 e. The van der Waals surface area contributed by atoms with Crippen molar-refractivity contribution in [2.75, 3.05) is 0 Å². The monoisotopic (exact) mass is 556 g/mol. The first kappa shape index (κ1) is 31.9. The van der Waals surface area contributed by atoms with E-state index in [0.717, 1.165) is 50.1 Å². The van der Waals surface area contributed by atoms with Gasteiger partial charge in [-0.1, -0.05) is 0 Å². The molecule has 0 amide bonds. The van der Waals surface area contributed by atoms with Gasteiger partial charge in [0.05, 0.1) is 0 Å². The summed E-state index contributed by atoms with van der Waals surface area (Å²) in [5.41, 5.74) is 0. The third-order valence-corrected chi connectivity index (χ3v) is 2.82. The summed E-state index contributed by atoms with van der Waals surface area (Å²) in [6.45, 7) is 0. The Labute approximate surface area is 221 Å². The molecule has 17 heteroatoms. The predicted octanol–water partition coefficient (Wildman–Crippen LogP) is -3.62. The van der Waals surface area contributed by atoms with E-state index in [0.29, 0.717) is 0 Å². The molecule has 0 radical (unpaired) electrons. The van der Waals surface area contributed by atoms with Gasteiger partial charge >= 0.3 is 21.7 Å². The Balaban J connectivity index is 0.000000463. The normalized spacial score (nSPS) is 14.9. The van der Waals surface area contributed by atoms with Gasteiger partial charge in [-0.2, -0.15) is 0 Å². The molecule has 4 aliphatic heterocycles. The fourth-order valence-electron chi connectivity index (χ4n) is 1.43. The predicted molar refractivity (Wildman–Crippen MR) is 97.6 cm³/mol. The van der Waals surface area contributed by atoms with Crippen molar-refractivity contribution in [1.29, 1.82) is 0 Å². The van der Waals surface area contributed by atoms with Crippen LogP contribution in [0, 0.1) is 0 Å². The summed E-state index contributed by atoms with van der Waals surface area (Å²) >= 11 is 0. The average molecular weight is 556 g/mol. The summed E-state index contributed by atoms with van der Waals surface area (Å²) in [7, 11) is 0. The zero-order valence-corrected chi connectivity index (χ0v) is 19.5. The summed E-state index contributed by atoms with van der Waals surface area (Å²) in [5, 5.41) is 39.7. The van der Waals surface area contributed by atoms with Crippen LogP contribution in [0.3, 0.4) is 0 Å². The summed E-state index contributed by atoms with van der Waals surface area (Å²) in [4.78, 5) is 39.7. The Kier molecular flexibility index (Phi) is 15.8. The molecule has 4 rings (SSSR count). The molecule has 4 aliphatic rings. The topological polar surface area (TPSA) is 234 Å². The zero-order valence-electron chi connectivity index (χ0n) is 18.0. The van der Waals surface area contributed by atoms with E-state index >= 15 is 0 Å². The van der Waals surface area contributed by atoms with Gasteiger partial charge in [-0.25, -0.2) is 0 Å². The quantitative estimate of drug-likeness (QED) is 0.304. The molecule has 0 aromatic carbocycles. The Bertz CT molecular complexity index is 892. The first-order valence-corrected chi connectivity index (χ1v) is 8.77. The van der Waals surface area contributed by atoms with Crippen molar-refractivity contribution in [1.82, 2.24) is 0 Å². The van der Waals surface area contributed by atoms with E-state index in [1.807, 2.05) is 0 Å². The number of hydrogen-bond acceptors (Lipinski definition) is 16. The van der Waals surface area contributed by atoms with Crippen LogP contribution in [0.25, 0.3) is 0 Å². The van der Waals surface area contributed by atoms with Crippen LogP contribution in [0.5, 0.6) is 0 Å². The van der Waals surface area contributed by atoms with Crippen molar-refractivity contribution >= 4 is 23.9 Å². The van der Waals surface area contributed by atoms with E-state index in [2.05, 4.69) is 37.9 Å². The average Bonchev–Trinajstić information content (AvgIpc) is 2.92. The van der Waals surface area contributed by atoms with Crippen LogP contribution in [0.2, 0.25) is 0 Å². The Morgan fingerprint density at radius 3 is 0.676 bits per heavy atom. The molecule has 0 bridgehead atoms. The number of ether oxygens (including phenoxy) is 8. The first-order valence-electron chi connectivity index (χ1n) is 8.77. The number of aliphatic carboxylic acids is 4. The maximum absolute atomic E-state index is 9.94. The van der Waals surface area contributed by atoms with Gasteiger partial charge in [-0.3, -0.25) is 0 Å². The van der Waals surface area contributed by atoms with Gasteiger partial charge in [-0.15, -0.1) is 0 Å². The molecule has 0 N–H and O–H groups in total. The molecule has 0 unspecified atom stereocenters. The van der Waals surface area contributed by atoms with Gasteiger partial charge in [0.25, 0.3) is 0 Å². The molecule has 192 valence electrons. The third-order valence-electron chi connectivity index (χ3n) is 2.82. The maximum Gasteiger partial charge on any atom is 4.00 e. The SMILES string of the molecule is O=C([O-])C1=COC=CO1.O=C([O-])C1=COC=CO1.O=C([O-])C1=COC=CO1.O=C([O-])C1=COC=CO1.[Ti+4]. The molecule has 0 aromatic rings. The van der Waals surface area contributed by atoms with Crippen LogP contribution in [-0.4, -0.2) is 23.9 Å². The zero-order chi connectivity index (χ0) is 26.8. The molecule has 0 saturated heterocycles. The smallest absolute Gasteiger partial charge is 0.541 e. The van der Waals surface area contributed by atoms with Crippen LogP contribution in [0.1, 0.15) is 0 Å². The number of hydrogen-bond donors (Lipinski definition) is 0. The van der Waals surface area contributed by atoms with Crippen molar-refractivity contribution in [3.05, 3.63) is 98.2 Å². The number of carbonyl (C=O) groups is 4. The standard InChI is InChI=1S/4C5H4O4.Ti/c4*6-5(7)4-3-8-1-2-9-4;/h4*1-3H,(H,6,7);/q;;;;+4/p-4. The molecule has 0 fully saturated rings. The minimum Gasteiger partial charge on any atom is -0.541 e. The van der Waals surface area contributed by atoms with Crippen LogP contribution < -0.4 is 20.4 Å². The molecular weight excluding hydrogens is 544 g/mol. The van der Waals surface area contributed by atoms with Gasteiger partial charge in [-0.05, 0) is 0 Å². The van der Waals surface area contributed by atoms with E-state index in [9.17, 15) is 39.6 Å². The van der Waals surface area contributed by atoms with Crippen molar-refractivity contribution in [3.8, 4) is 0 Å². The molecule has 4 heterocycles. The fraction of sp³-hybridized carbons (Fsp3) is 0. The van der Waals surface area contributed by atoms with E-state index in [4.69, 9.17) is 0 Å².